The first kappa shape index (κ1) is 12.8. The molecule has 5 heteroatoms. The first-order valence-corrected chi connectivity index (χ1v) is 7.84. The molecule has 2 bridgehead atoms. The Kier molecular flexibility index (Phi) is 2.77. The maximum Gasteiger partial charge on any atom is 0.223 e. The van der Waals surface area contributed by atoms with Gasteiger partial charge in [-0.15, -0.1) is 0 Å². The minimum Gasteiger partial charge on any atom is -0.332 e. The van der Waals surface area contributed by atoms with E-state index < -0.39 is 0 Å². The molecule has 2 aliphatic heterocycles. The number of carbonyl (C=O) groups excluding carboxylic acids is 1. The van der Waals surface area contributed by atoms with Crippen molar-refractivity contribution in [3.63, 3.8) is 0 Å². The van der Waals surface area contributed by atoms with Crippen LogP contribution in [0.1, 0.15) is 55.6 Å². The van der Waals surface area contributed by atoms with Crippen LogP contribution < -0.4 is 0 Å². The van der Waals surface area contributed by atoms with Gasteiger partial charge in [-0.2, -0.15) is 5.10 Å². The van der Waals surface area contributed by atoms with E-state index in [9.17, 15) is 4.79 Å². The topological polar surface area (TPSA) is 50.5 Å². The van der Waals surface area contributed by atoms with Gasteiger partial charge in [-0.3, -0.25) is 4.79 Å². The minimum absolute atomic E-state index is 0.208. The molecular formula is C16H20N4O. The number of rotatable bonds is 2. The van der Waals surface area contributed by atoms with Crippen molar-refractivity contribution in [3.05, 3.63) is 29.2 Å². The van der Waals surface area contributed by atoms with Crippen molar-refractivity contribution in [1.82, 2.24) is 19.5 Å². The van der Waals surface area contributed by atoms with Crippen molar-refractivity contribution in [2.75, 3.05) is 0 Å². The molecular weight excluding hydrogens is 264 g/mol. The Labute approximate surface area is 124 Å². The van der Waals surface area contributed by atoms with Crippen LogP contribution in [0.25, 0.3) is 5.65 Å². The molecule has 5 nitrogen and oxygen atoms in total. The second kappa shape index (κ2) is 4.55. The van der Waals surface area contributed by atoms with E-state index in [4.69, 9.17) is 0 Å². The van der Waals surface area contributed by atoms with Crippen molar-refractivity contribution >= 4 is 11.6 Å². The summed E-state index contributed by atoms with van der Waals surface area (Å²) in [7, 11) is 0. The molecule has 0 radical (unpaired) electrons. The van der Waals surface area contributed by atoms with E-state index in [1.54, 1.807) is 0 Å². The van der Waals surface area contributed by atoms with E-state index in [1.807, 2.05) is 23.7 Å². The summed E-state index contributed by atoms with van der Waals surface area (Å²) < 4.78 is 1.98. The summed E-state index contributed by atoms with van der Waals surface area (Å²) in [6, 6.07) is 2.56. The van der Waals surface area contributed by atoms with E-state index in [1.165, 1.54) is 11.3 Å². The highest BCUT2D eigenvalue weighted by atomic mass is 16.2. The van der Waals surface area contributed by atoms with Crippen LogP contribution in [-0.2, 0) is 11.2 Å². The molecule has 0 spiro atoms. The fourth-order valence-electron chi connectivity index (χ4n) is 3.92. The Morgan fingerprint density at radius 2 is 2.29 bits per heavy atom. The lowest BCUT2D eigenvalue weighted by atomic mass is 9.98. The molecule has 2 atom stereocenters. The molecule has 1 fully saturated rings. The highest BCUT2D eigenvalue weighted by Gasteiger charge is 2.43. The fourth-order valence-corrected chi connectivity index (χ4v) is 3.92. The number of nitrogens with zero attached hydrogens (tertiary/aromatic N) is 4. The molecule has 0 N–H and O–H groups in total. The van der Waals surface area contributed by atoms with E-state index in [2.05, 4.69) is 21.9 Å². The molecule has 2 aromatic rings. The third kappa shape index (κ3) is 1.79. The third-order valence-corrected chi connectivity index (χ3v) is 4.78. The zero-order chi connectivity index (χ0) is 14.6. The summed E-state index contributed by atoms with van der Waals surface area (Å²) in [4.78, 5) is 19.1. The summed E-state index contributed by atoms with van der Waals surface area (Å²) >= 11 is 0. The Balaban J connectivity index is 1.81. The largest absolute Gasteiger partial charge is 0.332 e. The van der Waals surface area contributed by atoms with E-state index in [0.717, 1.165) is 37.0 Å². The van der Waals surface area contributed by atoms with Gasteiger partial charge in [-0.25, -0.2) is 9.50 Å². The van der Waals surface area contributed by atoms with Crippen LogP contribution in [0.5, 0.6) is 0 Å². The average Bonchev–Trinajstić information content (AvgIpc) is 2.98. The Bertz CT molecular complexity index is 720. The monoisotopic (exact) mass is 284 g/mol. The van der Waals surface area contributed by atoms with Crippen molar-refractivity contribution in [2.45, 2.75) is 58.0 Å². The SMILES string of the molecule is CCCC(=O)N1[C@H]2CC[C@H]1c1cnc3cc(C)nn3c1C2. The van der Waals surface area contributed by atoms with Gasteiger partial charge in [0.2, 0.25) is 5.91 Å². The molecule has 0 aliphatic carbocycles. The highest BCUT2D eigenvalue weighted by Crippen LogP contribution is 2.43. The number of hydrogen-bond donors (Lipinski definition) is 0. The summed E-state index contributed by atoms with van der Waals surface area (Å²) in [5, 5.41) is 4.58. The van der Waals surface area contributed by atoms with Gasteiger partial charge in [-0.05, 0) is 26.2 Å². The van der Waals surface area contributed by atoms with Crippen LogP contribution in [0.15, 0.2) is 12.3 Å². The maximum absolute atomic E-state index is 12.4. The molecule has 0 aromatic carbocycles. The molecule has 4 rings (SSSR count). The fraction of sp³-hybridized carbons (Fsp3) is 0.562. The predicted molar refractivity (Wildman–Crippen MR) is 78.9 cm³/mol. The van der Waals surface area contributed by atoms with Crippen molar-refractivity contribution in [3.8, 4) is 0 Å². The lowest BCUT2D eigenvalue weighted by molar-refractivity contribution is -0.134. The number of aromatic nitrogens is 3. The lowest BCUT2D eigenvalue weighted by Gasteiger charge is -2.36. The van der Waals surface area contributed by atoms with Gasteiger partial charge in [0.05, 0.1) is 17.4 Å². The van der Waals surface area contributed by atoms with Crippen molar-refractivity contribution in [1.29, 1.82) is 0 Å². The summed E-state index contributed by atoms with van der Waals surface area (Å²) in [6.45, 7) is 4.06. The Morgan fingerprint density at radius 1 is 1.43 bits per heavy atom. The maximum atomic E-state index is 12.4. The van der Waals surface area contributed by atoms with Gasteiger partial charge in [0.25, 0.3) is 0 Å². The molecule has 1 saturated heterocycles. The molecule has 2 aliphatic rings. The van der Waals surface area contributed by atoms with E-state index in [0.29, 0.717) is 18.4 Å². The molecule has 0 unspecified atom stereocenters. The van der Waals surface area contributed by atoms with Gasteiger partial charge in [-0.1, -0.05) is 6.92 Å². The van der Waals surface area contributed by atoms with Crippen LogP contribution in [0, 0.1) is 6.92 Å². The molecule has 21 heavy (non-hydrogen) atoms. The van der Waals surface area contributed by atoms with Crippen LogP contribution in [-0.4, -0.2) is 31.4 Å². The van der Waals surface area contributed by atoms with Crippen LogP contribution in [0.4, 0.5) is 0 Å². The van der Waals surface area contributed by atoms with Gasteiger partial charge in [0.1, 0.15) is 0 Å². The van der Waals surface area contributed by atoms with Gasteiger partial charge >= 0.3 is 0 Å². The molecule has 2 aromatic heterocycles. The van der Waals surface area contributed by atoms with Gasteiger partial charge in [0.15, 0.2) is 5.65 Å². The molecule has 4 heterocycles. The zero-order valence-corrected chi connectivity index (χ0v) is 12.5. The quantitative estimate of drug-likeness (QED) is 0.851. The van der Waals surface area contributed by atoms with Gasteiger partial charge < -0.3 is 4.90 Å². The van der Waals surface area contributed by atoms with E-state index in [-0.39, 0.29) is 6.04 Å². The van der Waals surface area contributed by atoms with E-state index >= 15 is 0 Å². The first-order chi connectivity index (χ1) is 10.2. The van der Waals surface area contributed by atoms with Crippen molar-refractivity contribution in [2.24, 2.45) is 0 Å². The van der Waals surface area contributed by atoms with Crippen LogP contribution in [0.3, 0.4) is 0 Å². The second-order valence-electron chi connectivity index (χ2n) is 6.22. The Hall–Kier alpha value is -1.91. The number of amides is 1. The number of fused-ring (bicyclic) bond motifs is 6. The standard InChI is InChI=1S/C16H20N4O/c1-3-4-16(21)19-11-5-6-13(19)12-9-17-15-7-10(2)18-20(15)14(12)8-11/h7,9,11,13H,3-6,8H2,1-2H3/t11-,13-/m0/s1. The minimum atomic E-state index is 0.208. The molecule has 1 amide bonds. The lowest BCUT2D eigenvalue weighted by Crippen LogP contribution is -2.42. The number of carbonyl (C=O) groups is 1. The zero-order valence-electron chi connectivity index (χ0n) is 12.5. The highest BCUT2D eigenvalue weighted by molar-refractivity contribution is 5.78. The second-order valence-corrected chi connectivity index (χ2v) is 6.22. The first-order valence-electron chi connectivity index (χ1n) is 7.84. The number of aryl methyl sites for hydroxylation is 1. The summed E-state index contributed by atoms with van der Waals surface area (Å²) in [5.74, 6) is 0.299. The Morgan fingerprint density at radius 3 is 3.10 bits per heavy atom. The van der Waals surface area contributed by atoms with Crippen LogP contribution >= 0.6 is 0 Å². The van der Waals surface area contributed by atoms with Crippen molar-refractivity contribution < 1.29 is 4.79 Å². The van der Waals surface area contributed by atoms with Gasteiger partial charge in [0, 0.05) is 36.7 Å². The smallest absolute Gasteiger partial charge is 0.223 e. The van der Waals surface area contributed by atoms with Crippen LogP contribution in [0.2, 0.25) is 0 Å². The molecule has 110 valence electrons. The summed E-state index contributed by atoms with van der Waals surface area (Å²) in [6.07, 6.45) is 6.58. The predicted octanol–water partition coefficient (Wildman–Crippen LogP) is 2.43. The average molecular weight is 284 g/mol. The number of hydrogen-bond acceptors (Lipinski definition) is 3. The summed E-state index contributed by atoms with van der Waals surface area (Å²) in [5.41, 5.74) is 4.36. The molecule has 0 saturated carbocycles. The third-order valence-electron chi connectivity index (χ3n) is 4.78. The normalized spacial score (nSPS) is 23.6.